The number of hydrogen-bond acceptors (Lipinski definition) is 4. The van der Waals surface area contributed by atoms with E-state index in [0.717, 1.165) is 22.3 Å². The average molecular weight is 473 g/mol. The Kier molecular flexibility index (Phi) is 7.15. The second-order valence-electron chi connectivity index (χ2n) is 8.66. The van der Waals surface area contributed by atoms with Gasteiger partial charge in [-0.2, -0.15) is 0 Å². The minimum atomic E-state index is -1.02. The van der Waals surface area contributed by atoms with E-state index in [1.165, 1.54) is 12.1 Å². The van der Waals surface area contributed by atoms with Crippen molar-refractivity contribution in [2.75, 3.05) is 11.9 Å². The fourth-order valence-electron chi connectivity index (χ4n) is 4.47. The third-order valence-electron chi connectivity index (χ3n) is 6.34. The van der Waals surface area contributed by atoms with Crippen LogP contribution < -0.4 is 10.6 Å². The van der Waals surface area contributed by atoms with Gasteiger partial charge in [-0.05, 0) is 59.4 Å². The Hall–Kier alpha value is -4.13. The number of carbonyl (C=O) groups is 3. The van der Waals surface area contributed by atoms with Gasteiger partial charge in [-0.1, -0.05) is 55.5 Å². The summed E-state index contributed by atoms with van der Waals surface area (Å²) >= 11 is 0. The molecule has 4 rings (SSSR count). The number of amides is 2. The lowest BCUT2D eigenvalue weighted by Crippen LogP contribution is -2.38. The van der Waals surface area contributed by atoms with Crippen LogP contribution >= 0.6 is 0 Å². The van der Waals surface area contributed by atoms with Crippen molar-refractivity contribution >= 4 is 23.7 Å². The average Bonchev–Trinajstić information content (AvgIpc) is 3.17. The topological polar surface area (TPSA) is 105 Å². The second kappa shape index (κ2) is 10.4. The normalized spacial score (nSPS) is 12.9. The molecule has 2 amide bonds. The molecule has 0 bridgehead atoms. The first-order chi connectivity index (χ1) is 16.9. The van der Waals surface area contributed by atoms with Crippen LogP contribution in [0.4, 0.5) is 10.5 Å². The van der Waals surface area contributed by atoms with E-state index < -0.39 is 18.1 Å². The molecule has 7 nitrogen and oxygen atoms in total. The van der Waals surface area contributed by atoms with Crippen molar-refractivity contribution in [2.45, 2.75) is 38.6 Å². The summed E-state index contributed by atoms with van der Waals surface area (Å²) in [6.45, 7) is 3.82. The van der Waals surface area contributed by atoms with Gasteiger partial charge in [0.05, 0.1) is 5.56 Å². The molecule has 0 heterocycles. The van der Waals surface area contributed by atoms with Gasteiger partial charge >= 0.3 is 12.1 Å². The van der Waals surface area contributed by atoms with Crippen molar-refractivity contribution in [3.05, 3.63) is 89.0 Å². The molecule has 0 spiro atoms. The molecule has 0 aliphatic heterocycles. The highest BCUT2D eigenvalue weighted by molar-refractivity contribution is 5.94. The lowest BCUT2D eigenvalue weighted by Gasteiger charge is -2.19. The number of carbonyl (C=O) groups excluding carboxylic acids is 2. The molecule has 1 aliphatic rings. The summed E-state index contributed by atoms with van der Waals surface area (Å²) in [5, 5.41) is 14.7. The van der Waals surface area contributed by atoms with Gasteiger partial charge in [0.2, 0.25) is 5.91 Å². The Labute approximate surface area is 204 Å². The number of rotatable bonds is 8. The summed E-state index contributed by atoms with van der Waals surface area (Å²) in [4.78, 5) is 36.2. The smallest absolute Gasteiger partial charge is 0.407 e. The standard InChI is InChI=1S/C28H28N2O5/c1-3-19(15-26(31)30-25-13-12-18(27(32)33)14-17(25)2)29-28(34)35-16-24-22-10-6-4-8-20(22)21-9-5-7-11-23(21)24/h4-14,19,24H,3,15-16H2,1-2H3,(H,29,34)(H,30,31)(H,32,33). The molecule has 1 atom stereocenters. The van der Waals surface area contributed by atoms with Crippen LogP contribution in [0.3, 0.4) is 0 Å². The van der Waals surface area contributed by atoms with Crippen LogP contribution in [0.1, 0.15) is 52.7 Å². The molecule has 3 aromatic rings. The number of carboxylic acid groups (broad SMARTS) is 1. The Morgan fingerprint density at radius 3 is 2.17 bits per heavy atom. The van der Waals surface area contributed by atoms with Gasteiger partial charge in [0.1, 0.15) is 6.61 Å². The van der Waals surface area contributed by atoms with Gasteiger partial charge in [-0.25, -0.2) is 9.59 Å². The minimum absolute atomic E-state index is 0.0340. The Bertz CT molecular complexity index is 1220. The zero-order valence-corrected chi connectivity index (χ0v) is 19.7. The molecule has 0 saturated carbocycles. The summed E-state index contributed by atoms with van der Waals surface area (Å²) in [5.41, 5.74) is 5.93. The molecule has 7 heteroatoms. The van der Waals surface area contributed by atoms with Gasteiger partial charge in [-0.3, -0.25) is 4.79 Å². The van der Waals surface area contributed by atoms with Crippen molar-refractivity contribution in [3.63, 3.8) is 0 Å². The summed E-state index contributed by atoms with van der Waals surface area (Å²) < 4.78 is 5.59. The zero-order chi connectivity index (χ0) is 24.9. The van der Waals surface area contributed by atoms with Crippen LogP contribution in [0.2, 0.25) is 0 Å². The second-order valence-corrected chi connectivity index (χ2v) is 8.66. The van der Waals surface area contributed by atoms with Crippen molar-refractivity contribution < 1.29 is 24.2 Å². The largest absolute Gasteiger partial charge is 0.478 e. The Morgan fingerprint density at radius 2 is 1.60 bits per heavy atom. The number of fused-ring (bicyclic) bond motifs is 3. The number of ether oxygens (including phenoxy) is 1. The number of aryl methyl sites for hydroxylation is 1. The van der Waals surface area contributed by atoms with Crippen LogP contribution in [0.15, 0.2) is 66.7 Å². The van der Waals surface area contributed by atoms with Crippen LogP contribution in [0.25, 0.3) is 11.1 Å². The predicted molar refractivity (Wildman–Crippen MR) is 134 cm³/mol. The third kappa shape index (κ3) is 5.35. The zero-order valence-electron chi connectivity index (χ0n) is 19.7. The Balaban J connectivity index is 1.33. The number of aromatic carboxylic acids is 1. The summed E-state index contributed by atoms with van der Waals surface area (Å²) in [6, 6.07) is 20.4. The van der Waals surface area contributed by atoms with E-state index >= 15 is 0 Å². The number of alkyl carbamates (subject to hydrolysis) is 1. The van der Waals surface area contributed by atoms with Crippen molar-refractivity contribution in [1.29, 1.82) is 0 Å². The SMILES string of the molecule is CCC(CC(=O)Nc1ccc(C(=O)O)cc1C)NC(=O)OCC1c2ccccc2-c2ccccc21. The number of benzene rings is 3. The fourth-order valence-corrected chi connectivity index (χ4v) is 4.47. The van der Waals surface area contributed by atoms with E-state index in [4.69, 9.17) is 9.84 Å². The van der Waals surface area contributed by atoms with E-state index in [-0.39, 0.29) is 30.4 Å². The van der Waals surface area contributed by atoms with Crippen LogP contribution in [0.5, 0.6) is 0 Å². The highest BCUT2D eigenvalue weighted by Crippen LogP contribution is 2.44. The maximum atomic E-state index is 12.6. The summed E-state index contributed by atoms with van der Waals surface area (Å²) in [7, 11) is 0. The number of anilines is 1. The maximum Gasteiger partial charge on any atom is 0.407 e. The first-order valence-corrected chi connectivity index (χ1v) is 11.6. The van der Waals surface area contributed by atoms with Gasteiger partial charge in [-0.15, -0.1) is 0 Å². The van der Waals surface area contributed by atoms with Gasteiger partial charge in [0.15, 0.2) is 0 Å². The quantitative estimate of drug-likeness (QED) is 0.411. The molecule has 1 unspecified atom stereocenters. The molecule has 0 radical (unpaired) electrons. The number of carboxylic acids is 1. The number of nitrogens with one attached hydrogen (secondary N) is 2. The van der Waals surface area contributed by atoms with Crippen LogP contribution in [0, 0.1) is 6.92 Å². The summed E-state index contributed by atoms with van der Waals surface area (Å²) in [5.74, 6) is -1.33. The highest BCUT2D eigenvalue weighted by Gasteiger charge is 2.29. The minimum Gasteiger partial charge on any atom is -0.478 e. The fraction of sp³-hybridized carbons (Fsp3) is 0.250. The van der Waals surface area contributed by atoms with Crippen molar-refractivity contribution in [3.8, 4) is 11.1 Å². The van der Waals surface area contributed by atoms with E-state index in [0.29, 0.717) is 17.7 Å². The van der Waals surface area contributed by atoms with E-state index in [9.17, 15) is 14.4 Å². The molecule has 180 valence electrons. The van der Waals surface area contributed by atoms with E-state index in [2.05, 4.69) is 34.9 Å². The lowest BCUT2D eigenvalue weighted by atomic mass is 9.98. The molecule has 0 fully saturated rings. The molecule has 3 N–H and O–H groups in total. The first kappa shape index (κ1) is 24.0. The molecular weight excluding hydrogens is 444 g/mol. The van der Waals surface area contributed by atoms with Crippen molar-refractivity contribution in [2.24, 2.45) is 0 Å². The highest BCUT2D eigenvalue weighted by atomic mass is 16.5. The lowest BCUT2D eigenvalue weighted by molar-refractivity contribution is -0.116. The Morgan fingerprint density at radius 1 is 0.971 bits per heavy atom. The molecule has 0 saturated heterocycles. The molecule has 35 heavy (non-hydrogen) atoms. The molecule has 3 aromatic carbocycles. The monoisotopic (exact) mass is 472 g/mol. The third-order valence-corrected chi connectivity index (χ3v) is 6.34. The van der Waals surface area contributed by atoms with E-state index in [1.54, 1.807) is 13.0 Å². The predicted octanol–water partition coefficient (Wildman–Crippen LogP) is 5.34. The number of hydrogen-bond donors (Lipinski definition) is 3. The molecule has 0 aromatic heterocycles. The van der Waals surface area contributed by atoms with Crippen molar-refractivity contribution in [1.82, 2.24) is 5.32 Å². The van der Waals surface area contributed by atoms with Gasteiger partial charge < -0.3 is 20.5 Å². The first-order valence-electron chi connectivity index (χ1n) is 11.6. The molecular formula is C28H28N2O5. The molecule has 1 aliphatic carbocycles. The van der Waals surface area contributed by atoms with Gasteiger partial charge in [0, 0.05) is 24.1 Å². The maximum absolute atomic E-state index is 12.6. The van der Waals surface area contributed by atoms with Gasteiger partial charge in [0.25, 0.3) is 0 Å². The van der Waals surface area contributed by atoms with Crippen LogP contribution in [-0.4, -0.2) is 35.7 Å². The summed E-state index contributed by atoms with van der Waals surface area (Å²) in [6.07, 6.45) is 0.0588. The van der Waals surface area contributed by atoms with Crippen LogP contribution in [-0.2, 0) is 9.53 Å². The van der Waals surface area contributed by atoms with E-state index in [1.807, 2.05) is 31.2 Å².